The molecule has 1 amide bonds. The highest BCUT2D eigenvalue weighted by atomic mass is 32.2. The number of para-hydroxylation sites is 1. The summed E-state index contributed by atoms with van der Waals surface area (Å²) in [6, 6.07) is 14.5. The largest absolute Gasteiger partial charge is 0.361 e. The zero-order valence-corrected chi connectivity index (χ0v) is 17.7. The number of anilines is 1. The van der Waals surface area contributed by atoms with Crippen LogP contribution in [0.25, 0.3) is 10.9 Å². The molecule has 1 aliphatic rings. The Labute approximate surface area is 177 Å². The Kier molecular flexibility index (Phi) is 6.20. The first-order chi connectivity index (χ1) is 14.5. The molecule has 2 heterocycles. The minimum atomic E-state index is -3.47. The number of hydrogen-bond acceptors (Lipinski definition) is 3. The number of amides is 1. The fourth-order valence-electron chi connectivity index (χ4n) is 3.95. The fraction of sp³-hybridized carbons (Fsp3) is 0.348. The first-order valence-electron chi connectivity index (χ1n) is 10.5. The van der Waals surface area contributed by atoms with Crippen molar-refractivity contribution < 1.29 is 13.2 Å². The van der Waals surface area contributed by atoms with Crippen LogP contribution in [0.1, 0.15) is 37.7 Å². The molecule has 0 aliphatic carbocycles. The SMILES string of the molecule is O=C(CCc1c[nH]c2ccccc12)Nc1ccc(S(=O)(=O)N2CCCCCC2)cc1. The van der Waals surface area contributed by atoms with Crippen LogP contribution in [0.2, 0.25) is 0 Å². The van der Waals surface area contributed by atoms with Crippen LogP contribution in [0.5, 0.6) is 0 Å². The molecule has 1 saturated heterocycles. The van der Waals surface area contributed by atoms with Crippen molar-refractivity contribution >= 4 is 32.5 Å². The number of fused-ring (bicyclic) bond motifs is 1. The Bertz CT molecular complexity index is 1110. The van der Waals surface area contributed by atoms with Crippen LogP contribution in [-0.4, -0.2) is 36.7 Å². The normalized spacial score (nSPS) is 15.7. The maximum absolute atomic E-state index is 12.9. The first-order valence-corrected chi connectivity index (χ1v) is 11.9. The van der Waals surface area contributed by atoms with Gasteiger partial charge in [0, 0.05) is 42.3 Å². The Morgan fingerprint density at radius 3 is 2.40 bits per heavy atom. The van der Waals surface area contributed by atoms with Crippen LogP contribution in [-0.2, 0) is 21.2 Å². The summed E-state index contributed by atoms with van der Waals surface area (Å²) >= 11 is 0. The van der Waals surface area contributed by atoms with Crippen LogP contribution in [0, 0.1) is 0 Å². The van der Waals surface area contributed by atoms with Gasteiger partial charge in [0.15, 0.2) is 0 Å². The number of carbonyl (C=O) groups excluding carboxylic acids is 1. The third-order valence-corrected chi connectivity index (χ3v) is 7.55. The van der Waals surface area contributed by atoms with Crippen LogP contribution >= 0.6 is 0 Å². The summed E-state index contributed by atoms with van der Waals surface area (Å²) in [6.45, 7) is 1.16. The summed E-state index contributed by atoms with van der Waals surface area (Å²) in [5, 5.41) is 4.00. The second kappa shape index (κ2) is 9.02. The Morgan fingerprint density at radius 2 is 1.67 bits per heavy atom. The molecule has 1 aromatic heterocycles. The average molecular weight is 426 g/mol. The lowest BCUT2D eigenvalue weighted by atomic mass is 10.1. The Balaban J connectivity index is 1.36. The standard InChI is InChI=1S/C23H27N3O3S/c27-23(14-9-18-17-24-22-8-4-3-7-21(18)22)25-19-10-12-20(13-11-19)30(28,29)26-15-5-1-2-6-16-26/h3-4,7-8,10-13,17,24H,1-2,5-6,9,14-16H2,(H,25,27). The minimum absolute atomic E-state index is 0.0941. The summed E-state index contributed by atoms with van der Waals surface area (Å²) < 4.78 is 27.3. The molecule has 1 aliphatic heterocycles. The van der Waals surface area contributed by atoms with Gasteiger partial charge in [0.25, 0.3) is 0 Å². The van der Waals surface area contributed by atoms with Crippen LogP contribution in [0.4, 0.5) is 5.69 Å². The second-order valence-corrected chi connectivity index (χ2v) is 9.69. The number of aryl methyl sites for hydroxylation is 1. The molecule has 3 aromatic rings. The number of nitrogens with zero attached hydrogens (tertiary/aromatic N) is 1. The van der Waals surface area contributed by atoms with E-state index in [1.54, 1.807) is 28.6 Å². The van der Waals surface area contributed by atoms with Gasteiger partial charge in [-0.3, -0.25) is 4.79 Å². The van der Waals surface area contributed by atoms with Crippen molar-refractivity contribution in [1.82, 2.24) is 9.29 Å². The highest BCUT2D eigenvalue weighted by Gasteiger charge is 2.25. The molecule has 0 saturated carbocycles. The van der Waals surface area contributed by atoms with E-state index in [9.17, 15) is 13.2 Å². The van der Waals surface area contributed by atoms with Gasteiger partial charge in [0.2, 0.25) is 15.9 Å². The topological polar surface area (TPSA) is 82.3 Å². The molecular weight excluding hydrogens is 398 g/mol. The number of sulfonamides is 1. The maximum atomic E-state index is 12.9. The van der Waals surface area contributed by atoms with Crippen LogP contribution in [0.15, 0.2) is 59.6 Å². The predicted octanol–water partition coefficient (Wildman–Crippen LogP) is 4.30. The van der Waals surface area contributed by atoms with Gasteiger partial charge in [-0.25, -0.2) is 8.42 Å². The van der Waals surface area contributed by atoms with E-state index >= 15 is 0 Å². The van der Waals surface area contributed by atoms with Gasteiger partial charge in [0.05, 0.1) is 4.90 Å². The van der Waals surface area contributed by atoms with Crippen molar-refractivity contribution in [2.24, 2.45) is 0 Å². The number of rotatable bonds is 6. The van der Waals surface area contributed by atoms with Crippen LogP contribution < -0.4 is 5.32 Å². The minimum Gasteiger partial charge on any atom is -0.361 e. The monoisotopic (exact) mass is 425 g/mol. The van der Waals surface area contributed by atoms with Crippen molar-refractivity contribution in [3.8, 4) is 0 Å². The molecule has 7 heteroatoms. The number of aromatic amines is 1. The summed E-state index contributed by atoms with van der Waals surface area (Å²) in [4.78, 5) is 15.9. The molecular formula is C23H27N3O3S. The Morgan fingerprint density at radius 1 is 0.967 bits per heavy atom. The lowest BCUT2D eigenvalue weighted by Gasteiger charge is -2.20. The van der Waals surface area contributed by atoms with Gasteiger partial charge in [-0.05, 0) is 55.2 Å². The predicted molar refractivity (Wildman–Crippen MR) is 119 cm³/mol. The summed E-state index contributed by atoms with van der Waals surface area (Å²) in [6.07, 6.45) is 6.91. The lowest BCUT2D eigenvalue weighted by molar-refractivity contribution is -0.116. The molecule has 158 valence electrons. The smallest absolute Gasteiger partial charge is 0.243 e. The van der Waals surface area contributed by atoms with Gasteiger partial charge in [-0.15, -0.1) is 0 Å². The van der Waals surface area contributed by atoms with E-state index in [1.807, 2.05) is 30.5 Å². The molecule has 1 fully saturated rings. The van der Waals surface area contributed by atoms with Gasteiger partial charge >= 0.3 is 0 Å². The van der Waals surface area contributed by atoms with Crippen molar-refractivity contribution in [2.45, 2.75) is 43.4 Å². The number of hydrogen-bond donors (Lipinski definition) is 2. The van der Waals surface area contributed by atoms with Gasteiger partial charge < -0.3 is 10.3 Å². The van der Waals surface area contributed by atoms with Crippen molar-refractivity contribution in [3.63, 3.8) is 0 Å². The van der Waals surface area contributed by atoms with Crippen molar-refractivity contribution in [3.05, 3.63) is 60.3 Å². The van der Waals surface area contributed by atoms with Gasteiger partial charge in [0.1, 0.15) is 0 Å². The van der Waals surface area contributed by atoms with E-state index in [-0.39, 0.29) is 10.8 Å². The number of benzene rings is 2. The molecule has 2 N–H and O–H groups in total. The molecule has 6 nitrogen and oxygen atoms in total. The van der Waals surface area contributed by atoms with E-state index in [1.165, 1.54) is 0 Å². The summed E-state index contributed by atoms with van der Waals surface area (Å²) in [5.41, 5.74) is 2.78. The van der Waals surface area contributed by atoms with Gasteiger partial charge in [-0.1, -0.05) is 31.0 Å². The molecule has 0 radical (unpaired) electrons. The Hall–Kier alpha value is -2.64. The van der Waals surface area contributed by atoms with E-state index < -0.39 is 10.0 Å². The molecule has 0 unspecified atom stereocenters. The van der Waals surface area contributed by atoms with E-state index in [0.29, 0.717) is 31.6 Å². The number of aromatic nitrogens is 1. The van der Waals surface area contributed by atoms with E-state index in [0.717, 1.165) is 42.1 Å². The zero-order chi connectivity index (χ0) is 21.0. The van der Waals surface area contributed by atoms with Crippen molar-refractivity contribution in [1.29, 1.82) is 0 Å². The average Bonchev–Trinajstić information content (AvgIpc) is 2.96. The highest BCUT2D eigenvalue weighted by Crippen LogP contribution is 2.22. The molecule has 2 aromatic carbocycles. The molecule has 4 rings (SSSR count). The molecule has 0 atom stereocenters. The summed E-state index contributed by atoms with van der Waals surface area (Å²) in [5.74, 6) is -0.0941. The number of carbonyl (C=O) groups is 1. The zero-order valence-electron chi connectivity index (χ0n) is 16.9. The molecule has 0 bridgehead atoms. The van der Waals surface area contributed by atoms with Crippen molar-refractivity contribution in [2.75, 3.05) is 18.4 Å². The third-order valence-electron chi connectivity index (χ3n) is 5.64. The molecule has 0 spiro atoms. The quantitative estimate of drug-likeness (QED) is 0.618. The number of H-pyrrole nitrogens is 1. The van der Waals surface area contributed by atoms with E-state index in [2.05, 4.69) is 10.3 Å². The fourth-order valence-corrected chi connectivity index (χ4v) is 5.47. The maximum Gasteiger partial charge on any atom is 0.243 e. The lowest BCUT2D eigenvalue weighted by Crippen LogP contribution is -2.31. The second-order valence-electron chi connectivity index (χ2n) is 7.75. The van der Waals surface area contributed by atoms with Crippen LogP contribution in [0.3, 0.4) is 0 Å². The first kappa shape index (κ1) is 20.6. The number of nitrogens with one attached hydrogen (secondary N) is 2. The van der Waals surface area contributed by atoms with Gasteiger partial charge in [-0.2, -0.15) is 4.31 Å². The third kappa shape index (κ3) is 4.57. The molecule has 30 heavy (non-hydrogen) atoms. The van der Waals surface area contributed by atoms with E-state index in [4.69, 9.17) is 0 Å². The summed E-state index contributed by atoms with van der Waals surface area (Å²) in [7, 11) is -3.47. The highest BCUT2D eigenvalue weighted by molar-refractivity contribution is 7.89.